The van der Waals surface area contributed by atoms with E-state index >= 15 is 0 Å². The average Bonchev–Trinajstić information content (AvgIpc) is 2.71. The summed E-state index contributed by atoms with van der Waals surface area (Å²) in [5, 5.41) is 3.96. The molecule has 0 unspecified atom stereocenters. The van der Waals surface area contributed by atoms with E-state index in [4.69, 9.17) is 4.74 Å². The number of nitrogens with zero attached hydrogens (tertiary/aromatic N) is 1. The maximum atomic E-state index is 12.1. The van der Waals surface area contributed by atoms with Crippen LogP contribution in [-0.2, 0) is 11.2 Å². The summed E-state index contributed by atoms with van der Waals surface area (Å²) in [6.45, 7) is 0. The van der Waals surface area contributed by atoms with Gasteiger partial charge in [0.05, 0.1) is 18.2 Å². The average molecular weight is 437 g/mol. The van der Waals surface area contributed by atoms with Gasteiger partial charge < -0.3 is 4.74 Å². The molecule has 0 atom stereocenters. The number of hydrazone groups is 1. The van der Waals surface area contributed by atoms with Gasteiger partial charge in [0, 0.05) is 4.47 Å². The van der Waals surface area contributed by atoms with Crippen LogP contribution in [0.5, 0.6) is 5.75 Å². The van der Waals surface area contributed by atoms with Crippen molar-refractivity contribution >= 4 is 34.0 Å². The molecule has 140 valence electrons. The highest BCUT2D eigenvalue weighted by molar-refractivity contribution is 9.10. The molecule has 5 nitrogen and oxygen atoms in total. The van der Waals surface area contributed by atoms with Gasteiger partial charge in [0.2, 0.25) is 5.91 Å². The molecule has 3 aromatic carbocycles. The van der Waals surface area contributed by atoms with Gasteiger partial charge in [-0.3, -0.25) is 4.79 Å². The number of halogens is 1. The van der Waals surface area contributed by atoms with Crippen molar-refractivity contribution in [3.05, 3.63) is 100 Å². The van der Waals surface area contributed by atoms with Crippen LogP contribution in [0.4, 0.5) is 0 Å². The smallest absolute Gasteiger partial charge is 0.343 e. The molecule has 0 radical (unpaired) electrons. The van der Waals surface area contributed by atoms with Crippen molar-refractivity contribution in [3.8, 4) is 5.75 Å². The predicted octanol–water partition coefficient (Wildman–Crippen LogP) is 4.36. The highest BCUT2D eigenvalue weighted by Gasteiger charge is 2.07. The molecule has 0 spiro atoms. The number of esters is 1. The quantitative estimate of drug-likeness (QED) is 0.270. The van der Waals surface area contributed by atoms with E-state index in [-0.39, 0.29) is 12.3 Å². The summed E-state index contributed by atoms with van der Waals surface area (Å²) in [6.07, 6.45) is 1.73. The van der Waals surface area contributed by atoms with Crippen LogP contribution in [0.15, 0.2) is 88.4 Å². The molecule has 0 aliphatic carbocycles. The van der Waals surface area contributed by atoms with Crippen LogP contribution in [-0.4, -0.2) is 18.1 Å². The second kappa shape index (κ2) is 9.62. The molecule has 6 heteroatoms. The Balaban J connectivity index is 1.55. The van der Waals surface area contributed by atoms with Gasteiger partial charge in [-0.25, -0.2) is 10.2 Å². The molecule has 3 aromatic rings. The summed E-state index contributed by atoms with van der Waals surface area (Å²) in [6, 6.07) is 23.2. The molecule has 0 bridgehead atoms. The third-order valence-corrected chi connectivity index (χ3v) is 4.29. The van der Waals surface area contributed by atoms with Crippen LogP contribution < -0.4 is 10.2 Å². The van der Waals surface area contributed by atoms with E-state index in [2.05, 4.69) is 26.5 Å². The number of hydrogen-bond acceptors (Lipinski definition) is 4. The lowest BCUT2D eigenvalue weighted by atomic mass is 10.1. The van der Waals surface area contributed by atoms with Crippen LogP contribution in [0, 0.1) is 0 Å². The van der Waals surface area contributed by atoms with Crippen molar-refractivity contribution in [3.63, 3.8) is 0 Å². The number of nitrogens with one attached hydrogen (secondary N) is 1. The number of carbonyl (C=O) groups excluding carboxylic acids is 2. The molecule has 28 heavy (non-hydrogen) atoms. The molecule has 0 heterocycles. The normalized spacial score (nSPS) is 10.6. The Kier molecular flexibility index (Phi) is 6.70. The lowest BCUT2D eigenvalue weighted by molar-refractivity contribution is -0.120. The Morgan fingerprint density at radius 1 is 0.964 bits per heavy atom. The molecule has 0 fully saturated rings. The summed E-state index contributed by atoms with van der Waals surface area (Å²) in [7, 11) is 0. The van der Waals surface area contributed by atoms with Crippen LogP contribution in [0.1, 0.15) is 21.5 Å². The van der Waals surface area contributed by atoms with E-state index in [1.165, 1.54) is 6.21 Å². The minimum atomic E-state index is -0.433. The maximum Gasteiger partial charge on any atom is 0.343 e. The Bertz CT molecular complexity index is 986. The third kappa shape index (κ3) is 5.89. The van der Waals surface area contributed by atoms with Gasteiger partial charge >= 0.3 is 5.97 Å². The Hall–Kier alpha value is -3.25. The summed E-state index contributed by atoms with van der Waals surface area (Å²) in [5.74, 6) is -0.248. The van der Waals surface area contributed by atoms with Crippen molar-refractivity contribution < 1.29 is 14.3 Å². The van der Waals surface area contributed by atoms with Gasteiger partial charge in [-0.05, 0) is 47.5 Å². The monoisotopic (exact) mass is 436 g/mol. The Labute approximate surface area is 171 Å². The minimum Gasteiger partial charge on any atom is -0.423 e. The minimum absolute atomic E-state index is 0.217. The second-order valence-electron chi connectivity index (χ2n) is 5.92. The summed E-state index contributed by atoms with van der Waals surface area (Å²) in [4.78, 5) is 24.1. The number of rotatable bonds is 6. The van der Waals surface area contributed by atoms with Gasteiger partial charge in [-0.1, -0.05) is 58.4 Å². The summed E-state index contributed by atoms with van der Waals surface area (Å²) in [5.41, 5.74) is 4.56. The third-order valence-electron chi connectivity index (χ3n) is 3.76. The summed E-state index contributed by atoms with van der Waals surface area (Å²) >= 11 is 3.36. The van der Waals surface area contributed by atoms with Gasteiger partial charge in [-0.15, -0.1) is 0 Å². The predicted molar refractivity (Wildman–Crippen MR) is 111 cm³/mol. The molecular formula is C22H17BrN2O3. The molecule has 0 saturated heterocycles. The van der Waals surface area contributed by atoms with Crippen LogP contribution in [0.3, 0.4) is 0 Å². The van der Waals surface area contributed by atoms with Crippen molar-refractivity contribution in [2.24, 2.45) is 5.10 Å². The topological polar surface area (TPSA) is 67.8 Å². The van der Waals surface area contributed by atoms with Crippen LogP contribution in [0.25, 0.3) is 0 Å². The Morgan fingerprint density at radius 3 is 2.46 bits per heavy atom. The molecule has 1 N–H and O–H groups in total. The second-order valence-corrected chi connectivity index (χ2v) is 6.84. The lowest BCUT2D eigenvalue weighted by Gasteiger charge is -2.05. The van der Waals surface area contributed by atoms with Gasteiger partial charge in [0.1, 0.15) is 5.75 Å². The largest absolute Gasteiger partial charge is 0.423 e. The van der Waals surface area contributed by atoms with Crippen molar-refractivity contribution in [1.29, 1.82) is 0 Å². The SMILES string of the molecule is O=C(Cc1ccc(Br)cc1)NN=Cc1cccc(OC(=O)c2ccccc2)c1. The molecular weight excluding hydrogens is 420 g/mol. The summed E-state index contributed by atoms with van der Waals surface area (Å²) < 4.78 is 6.33. The van der Waals surface area contributed by atoms with E-state index < -0.39 is 5.97 Å². The zero-order valence-corrected chi connectivity index (χ0v) is 16.4. The fourth-order valence-electron chi connectivity index (χ4n) is 2.40. The van der Waals surface area contributed by atoms with Crippen molar-refractivity contribution in [2.75, 3.05) is 0 Å². The zero-order chi connectivity index (χ0) is 19.8. The maximum absolute atomic E-state index is 12.1. The van der Waals surface area contributed by atoms with E-state index in [1.54, 1.807) is 48.5 Å². The van der Waals surface area contributed by atoms with Gasteiger partial charge in [-0.2, -0.15) is 5.10 Å². The first-order valence-corrected chi connectivity index (χ1v) is 9.33. The number of hydrogen-bond donors (Lipinski definition) is 1. The van der Waals surface area contributed by atoms with Crippen molar-refractivity contribution in [2.45, 2.75) is 6.42 Å². The molecule has 0 aliphatic rings. The Morgan fingerprint density at radius 2 is 1.71 bits per heavy atom. The fourth-order valence-corrected chi connectivity index (χ4v) is 2.67. The molecule has 0 aromatic heterocycles. The zero-order valence-electron chi connectivity index (χ0n) is 14.8. The number of carbonyl (C=O) groups is 2. The lowest BCUT2D eigenvalue weighted by Crippen LogP contribution is -2.19. The highest BCUT2D eigenvalue weighted by Crippen LogP contribution is 2.14. The first-order chi connectivity index (χ1) is 13.6. The molecule has 3 rings (SSSR count). The van der Waals surface area contributed by atoms with Crippen LogP contribution >= 0.6 is 15.9 Å². The van der Waals surface area contributed by atoms with Crippen LogP contribution in [0.2, 0.25) is 0 Å². The van der Waals surface area contributed by atoms with Crippen molar-refractivity contribution in [1.82, 2.24) is 5.43 Å². The fraction of sp³-hybridized carbons (Fsp3) is 0.0455. The van der Waals surface area contributed by atoms with Gasteiger partial charge in [0.25, 0.3) is 0 Å². The van der Waals surface area contributed by atoms with E-state index in [9.17, 15) is 9.59 Å². The number of benzene rings is 3. The molecule has 1 amide bonds. The van der Waals surface area contributed by atoms with E-state index in [0.717, 1.165) is 10.0 Å². The number of amides is 1. The first kappa shape index (κ1) is 19.5. The van der Waals surface area contributed by atoms with E-state index in [1.807, 2.05) is 30.3 Å². The standard InChI is InChI=1S/C22H17BrN2O3/c23-19-11-9-16(10-12-19)14-21(26)25-24-15-17-5-4-8-20(13-17)28-22(27)18-6-2-1-3-7-18/h1-13,15H,14H2,(H,25,26). The van der Waals surface area contributed by atoms with Gasteiger partial charge in [0.15, 0.2) is 0 Å². The highest BCUT2D eigenvalue weighted by atomic mass is 79.9. The molecule has 0 aliphatic heterocycles. The van der Waals surface area contributed by atoms with E-state index in [0.29, 0.717) is 16.9 Å². The first-order valence-electron chi connectivity index (χ1n) is 8.54. The number of ether oxygens (including phenoxy) is 1. The molecule has 0 saturated carbocycles.